The van der Waals surface area contributed by atoms with Crippen molar-refractivity contribution in [1.82, 2.24) is 15.1 Å². The molecule has 0 unspecified atom stereocenters. The molecule has 1 fully saturated rings. The summed E-state index contributed by atoms with van der Waals surface area (Å²) in [6.45, 7) is 1.57. The summed E-state index contributed by atoms with van der Waals surface area (Å²) in [4.78, 5) is 12.6. The van der Waals surface area contributed by atoms with E-state index in [0.29, 0.717) is 38.1 Å². The number of hydrogen-bond donors (Lipinski definition) is 3. The SMILES string of the molecule is NC(=O)c1nn2c(c1[C@H]1CN[C@H](CCCO)C[C@@H]1c1ccc(F)c(F)c1)C1=C(OCC2)SCCC1. The number of aliphatic hydroxyl groups is 1. The summed E-state index contributed by atoms with van der Waals surface area (Å²) in [5.41, 5.74) is 9.44. The second-order valence-corrected chi connectivity index (χ2v) is 10.4. The molecule has 188 valence electrons. The van der Waals surface area contributed by atoms with E-state index >= 15 is 0 Å². The van der Waals surface area contributed by atoms with Crippen LogP contribution in [-0.4, -0.2) is 52.3 Å². The van der Waals surface area contributed by atoms with Crippen molar-refractivity contribution in [3.8, 4) is 0 Å². The van der Waals surface area contributed by atoms with Crippen molar-refractivity contribution in [2.75, 3.05) is 25.5 Å². The lowest BCUT2D eigenvalue weighted by atomic mass is 9.73. The molecule has 0 spiro atoms. The van der Waals surface area contributed by atoms with Crippen LogP contribution in [0.3, 0.4) is 0 Å². The number of allylic oxidation sites excluding steroid dienone is 1. The van der Waals surface area contributed by atoms with E-state index in [2.05, 4.69) is 10.4 Å². The lowest BCUT2D eigenvalue weighted by Crippen LogP contribution is -2.42. The van der Waals surface area contributed by atoms with Gasteiger partial charge in [-0.2, -0.15) is 5.10 Å². The fraction of sp³-hybridized carbons (Fsp3) is 0.520. The summed E-state index contributed by atoms with van der Waals surface area (Å²) in [6, 6.07) is 4.15. The number of carbonyl (C=O) groups is 1. The number of carbonyl (C=O) groups excluding carboxylic acids is 1. The van der Waals surface area contributed by atoms with Gasteiger partial charge in [0.1, 0.15) is 6.61 Å². The molecule has 3 aliphatic heterocycles. The van der Waals surface area contributed by atoms with Gasteiger partial charge in [-0.1, -0.05) is 17.8 Å². The molecule has 1 saturated heterocycles. The third-order valence-corrected chi connectivity index (χ3v) is 8.32. The van der Waals surface area contributed by atoms with Gasteiger partial charge in [-0.25, -0.2) is 8.78 Å². The Balaban J connectivity index is 1.64. The van der Waals surface area contributed by atoms with Crippen molar-refractivity contribution < 1.29 is 23.4 Å². The maximum Gasteiger partial charge on any atom is 0.269 e. The van der Waals surface area contributed by atoms with Crippen molar-refractivity contribution in [2.24, 2.45) is 5.73 Å². The third-order valence-electron chi connectivity index (χ3n) is 7.20. The molecule has 1 amide bonds. The van der Waals surface area contributed by atoms with E-state index in [4.69, 9.17) is 10.5 Å². The summed E-state index contributed by atoms with van der Waals surface area (Å²) < 4.78 is 36.0. The molecule has 4 heterocycles. The first-order valence-electron chi connectivity index (χ1n) is 12.2. The fourth-order valence-electron chi connectivity index (χ4n) is 5.62. The molecule has 2 aromatic rings. The topological polar surface area (TPSA) is 102 Å². The number of primary amides is 1. The molecule has 3 aliphatic rings. The Hall–Kier alpha value is -2.43. The molecular weight excluding hydrogens is 474 g/mol. The highest BCUT2D eigenvalue weighted by Crippen LogP contribution is 2.47. The van der Waals surface area contributed by atoms with Gasteiger partial charge in [-0.3, -0.25) is 9.48 Å². The van der Waals surface area contributed by atoms with Crippen molar-refractivity contribution in [1.29, 1.82) is 0 Å². The quantitative estimate of drug-likeness (QED) is 0.557. The first-order valence-corrected chi connectivity index (χ1v) is 13.1. The predicted molar refractivity (Wildman–Crippen MR) is 130 cm³/mol. The van der Waals surface area contributed by atoms with Crippen molar-refractivity contribution in [3.63, 3.8) is 0 Å². The Bertz CT molecular complexity index is 1150. The molecule has 5 rings (SSSR count). The van der Waals surface area contributed by atoms with Crippen LogP contribution in [0.15, 0.2) is 23.3 Å². The lowest BCUT2D eigenvalue weighted by Gasteiger charge is -2.38. The molecule has 1 aromatic carbocycles. The Morgan fingerprint density at radius 3 is 2.94 bits per heavy atom. The number of benzene rings is 1. The summed E-state index contributed by atoms with van der Waals surface area (Å²) >= 11 is 1.68. The van der Waals surface area contributed by atoms with Gasteiger partial charge in [0, 0.05) is 42.0 Å². The Labute approximate surface area is 207 Å². The summed E-state index contributed by atoms with van der Waals surface area (Å²) in [5.74, 6) is -1.82. The fourth-order valence-corrected chi connectivity index (χ4v) is 6.64. The predicted octanol–water partition coefficient (Wildman–Crippen LogP) is 3.49. The van der Waals surface area contributed by atoms with Gasteiger partial charge in [0.05, 0.1) is 12.2 Å². The largest absolute Gasteiger partial charge is 0.485 e. The second kappa shape index (κ2) is 10.3. The average Bonchev–Trinajstić information content (AvgIpc) is 3.14. The number of thioether (sulfide) groups is 1. The summed E-state index contributed by atoms with van der Waals surface area (Å²) in [6.07, 6.45) is 3.86. The average molecular weight is 505 g/mol. The van der Waals surface area contributed by atoms with Crippen LogP contribution in [0, 0.1) is 11.6 Å². The highest BCUT2D eigenvalue weighted by atomic mass is 32.2. The number of ether oxygens (including phenoxy) is 1. The summed E-state index contributed by atoms with van der Waals surface area (Å²) in [5, 5.41) is 18.4. The Morgan fingerprint density at radius 2 is 2.17 bits per heavy atom. The van der Waals surface area contributed by atoms with E-state index < -0.39 is 17.5 Å². The first kappa shape index (κ1) is 24.3. The monoisotopic (exact) mass is 504 g/mol. The molecule has 0 aliphatic carbocycles. The van der Waals surface area contributed by atoms with Crippen LogP contribution in [0.5, 0.6) is 0 Å². The van der Waals surface area contributed by atoms with Gasteiger partial charge in [-0.05, 0) is 55.7 Å². The van der Waals surface area contributed by atoms with Crippen molar-refractivity contribution in [3.05, 3.63) is 57.4 Å². The van der Waals surface area contributed by atoms with Crippen LogP contribution in [0.25, 0.3) is 5.57 Å². The molecule has 10 heteroatoms. The molecule has 7 nitrogen and oxygen atoms in total. The number of nitrogens with zero attached hydrogens (tertiary/aromatic N) is 2. The molecule has 0 saturated carbocycles. The minimum Gasteiger partial charge on any atom is -0.485 e. The van der Waals surface area contributed by atoms with Crippen LogP contribution in [0.4, 0.5) is 8.78 Å². The minimum absolute atomic E-state index is 0.0921. The summed E-state index contributed by atoms with van der Waals surface area (Å²) in [7, 11) is 0. The van der Waals surface area contributed by atoms with Crippen LogP contribution >= 0.6 is 11.8 Å². The van der Waals surface area contributed by atoms with Crippen molar-refractivity contribution in [2.45, 2.75) is 56.5 Å². The van der Waals surface area contributed by atoms with E-state index in [1.54, 1.807) is 17.8 Å². The Kier molecular flexibility index (Phi) is 7.13. The molecule has 0 radical (unpaired) electrons. The zero-order valence-corrected chi connectivity index (χ0v) is 20.3. The van der Waals surface area contributed by atoms with Crippen LogP contribution in [-0.2, 0) is 11.3 Å². The number of aromatic nitrogens is 2. The van der Waals surface area contributed by atoms with Crippen molar-refractivity contribution >= 4 is 23.2 Å². The van der Waals surface area contributed by atoms with E-state index in [1.165, 1.54) is 6.07 Å². The lowest BCUT2D eigenvalue weighted by molar-refractivity contribution is 0.0992. The zero-order chi connectivity index (χ0) is 24.5. The number of hydrogen-bond acceptors (Lipinski definition) is 6. The molecule has 4 N–H and O–H groups in total. The van der Waals surface area contributed by atoms with Gasteiger partial charge < -0.3 is 20.9 Å². The van der Waals surface area contributed by atoms with Crippen LogP contribution < -0.4 is 11.1 Å². The number of piperidine rings is 1. The van der Waals surface area contributed by atoms with Gasteiger partial charge >= 0.3 is 0 Å². The normalized spacial score (nSPS) is 24.4. The molecule has 35 heavy (non-hydrogen) atoms. The maximum atomic E-state index is 14.3. The number of nitrogens with one attached hydrogen (secondary N) is 1. The van der Waals surface area contributed by atoms with E-state index in [-0.39, 0.29) is 30.2 Å². The second-order valence-electron chi connectivity index (χ2n) is 9.36. The van der Waals surface area contributed by atoms with Gasteiger partial charge in [0.15, 0.2) is 22.4 Å². The standard InChI is InChI=1S/C25H30F2N4O3S/c26-19-6-5-14(11-20(19)27)17-12-15(3-1-8-32)29-13-18(17)21-22(24(28)33)30-31-7-9-34-25-16(23(21)31)4-2-10-35-25/h5-6,11,15,17-18,29,32H,1-4,7-10,12-13H2,(H2,28,33)/t15-,17-,18+/m1/s1. The number of nitrogens with two attached hydrogens (primary N) is 1. The minimum atomic E-state index is -0.891. The van der Waals surface area contributed by atoms with Crippen LogP contribution in [0.1, 0.15) is 71.2 Å². The number of rotatable bonds is 6. The van der Waals surface area contributed by atoms with E-state index in [0.717, 1.165) is 53.0 Å². The highest BCUT2D eigenvalue weighted by molar-refractivity contribution is 8.03. The van der Waals surface area contributed by atoms with Crippen LogP contribution in [0.2, 0.25) is 0 Å². The highest BCUT2D eigenvalue weighted by Gasteiger charge is 2.40. The first-order chi connectivity index (χ1) is 17.0. The molecule has 1 aromatic heterocycles. The van der Waals surface area contributed by atoms with Gasteiger partial charge in [0.25, 0.3) is 5.91 Å². The molecule has 3 atom stereocenters. The Morgan fingerprint density at radius 1 is 1.31 bits per heavy atom. The van der Waals surface area contributed by atoms with Gasteiger partial charge in [0.2, 0.25) is 0 Å². The van der Waals surface area contributed by atoms with E-state index in [1.807, 2.05) is 4.68 Å². The maximum absolute atomic E-state index is 14.3. The third kappa shape index (κ3) is 4.71. The number of amides is 1. The molecule has 0 bridgehead atoms. The zero-order valence-electron chi connectivity index (χ0n) is 19.4. The molecular formula is C25H30F2N4O3S. The van der Waals surface area contributed by atoms with E-state index in [9.17, 15) is 18.7 Å². The number of aliphatic hydroxyl groups excluding tert-OH is 1. The number of fused-ring (bicyclic) bond motifs is 2. The smallest absolute Gasteiger partial charge is 0.269 e. The van der Waals surface area contributed by atoms with Gasteiger partial charge in [-0.15, -0.1) is 0 Å². The number of halogens is 2.